The first kappa shape index (κ1) is 18.6. The number of nitrogens with zero attached hydrogens (tertiary/aromatic N) is 3. The van der Waals surface area contributed by atoms with Crippen LogP contribution in [0.15, 0.2) is 49.3 Å². The zero-order chi connectivity index (χ0) is 20.2. The molecule has 0 unspecified atom stereocenters. The number of carbonyl (C=O) groups excluding carboxylic acids is 1. The minimum Gasteiger partial charge on any atom is -0.495 e. The van der Waals surface area contributed by atoms with E-state index in [4.69, 9.17) is 4.74 Å². The number of ether oxygens (including phenoxy) is 1. The highest BCUT2D eigenvalue weighted by Crippen LogP contribution is 2.23. The molecule has 1 atom stereocenters. The normalized spacial score (nSPS) is 15.6. The van der Waals surface area contributed by atoms with Gasteiger partial charge in [0.05, 0.1) is 23.8 Å². The summed E-state index contributed by atoms with van der Waals surface area (Å²) >= 11 is 0. The van der Waals surface area contributed by atoms with Crippen LogP contribution in [0.5, 0.6) is 5.75 Å². The molecule has 3 aromatic rings. The fourth-order valence-electron chi connectivity index (χ4n) is 3.41. The van der Waals surface area contributed by atoms with Gasteiger partial charge in [0.1, 0.15) is 23.5 Å². The number of hydrogen-bond acceptors (Lipinski definition) is 5. The molecule has 1 amide bonds. The molecule has 0 bridgehead atoms. The molecule has 0 aliphatic carbocycles. The van der Waals surface area contributed by atoms with Crippen LogP contribution in [0.2, 0.25) is 0 Å². The van der Waals surface area contributed by atoms with Crippen molar-refractivity contribution in [1.29, 1.82) is 0 Å². The first-order valence-corrected chi connectivity index (χ1v) is 9.34. The van der Waals surface area contributed by atoms with Gasteiger partial charge in [-0.25, -0.2) is 9.97 Å². The molecule has 1 aromatic carbocycles. The van der Waals surface area contributed by atoms with Crippen molar-refractivity contribution in [2.75, 3.05) is 25.5 Å². The van der Waals surface area contributed by atoms with E-state index in [-0.39, 0.29) is 11.9 Å². The van der Waals surface area contributed by atoms with Crippen LogP contribution in [0.3, 0.4) is 0 Å². The number of aromatic amines is 1. The number of aromatic nitrogens is 3. The Labute approximate surface area is 168 Å². The van der Waals surface area contributed by atoms with Crippen LogP contribution >= 0.6 is 0 Å². The molecule has 1 fully saturated rings. The van der Waals surface area contributed by atoms with Crippen molar-refractivity contribution < 1.29 is 9.53 Å². The molecular formula is C22H21N5O2. The van der Waals surface area contributed by atoms with Crippen molar-refractivity contribution in [2.24, 2.45) is 0 Å². The van der Waals surface area contributed by atoms with E-state index in [9.17, 15) is 4.79 Å². The number of hydrogen-bond donors (Lipinski definition) is 2. The van der Waals surface area contributed by atoms with E-state index in [0.29, 0.717) is 18.7 Å². The summed E-state index contributed by atoms with van der Waals surface area (Å²) in [5, 5.41) is 4.30. The van der Waals surface area contributed by atoms with Gasteiger partial charge >= 0.3 is 0 Å². The van der Waals surface area contributed by atoms with E-state index < -0.39 is 0 Å². The van der Waals surface area contributed by atoms with E-state index >= 15 is 0 Å². The summed E-state index contributed by atoms with van der Waals surface area (Å²) in [6, 6.07) is 9.69. The quantitative estimate of drug-likeness (QED) is 0.531. The number of nitrogens with one attached hydrogen (secondary N) is 2. The number of benzene rings is 1. The number of carbonyl (C=O) groups is 1. The smallest absolute Gasteiger partial charge is 0.246 e. The summed E-state index contributed by atoms with van der Waals surface area (Å²) in [4.78, 5) is 25.5. The largest absolute Gasteiger partial charge is 0.495 e. The third-order valence-corrected chi connectivity index (χ3v) is 4.88. The number of para-hydroxylation sites is 1. The van der Waals surface area contributed by atoms with Crippen molar-refractivity contribution >= 4 is 22.8 Å². The minimum absolute atomic E-state index is 0.0438. The Morgan fingerprint density at radius 2 is 2.24 bits per heavy atom. The Bertz CT molecular complexity index is 1120. The van der Waals surface area contributed by atoms with Crippen LogP contribution in [0.1, 0.15) is 17.7 Å². The van der Waals surface area contributed by atoms with E-state index in [1.54, 1.807) is 12.0 Å². The average molecular weight is 387 g/mol. The number of H-pyrrole nitrogens is 1. The lowest BCUT2D eigenvalue weighted by Gasteiger charge is -2.15. The fraction of sp³-hybridized carbons (Fsp3) is 0.227. The van der Waals surface area contributed by atoms with E-state index in [2.05, 4.69) is 38.7 Å². The SMILES string of the molecule is C=CC(=O)N1CC[C@@H](Nc2ncnc3[nH]c(C#Cc4ccccc4OC)cc23)C1. The summed E-state index contributed by atoms with van der Waals surface area (Å²) in [7, 11) is 1.63. The molecule has 29 heavy (non-hydrogen) atoms. The van der Waals surface area contributed by atoms with Crippen molar-refractivity contribution in [3.05, 3.63) is 60.6 Å². The molecule has 0 spiro atoms. The van der Waals surface area contributed by atoms with E-state index in [1.165, 1.54) is 12.4 Å². The number of methoxy groups -OCH3 is 1. The number of amides is 1. The van der Waals surface area contributed by atoms with Gasteiger partial charge in [-0.05, 0) is 36.6 Å². The summed E-state index contributed by atoms with van der Waals surface area (Å²) in [6.07, 6.45) is 3.72. The lowest BCUT2D eigenvalue weighted by Crippen LogP contribution is -2.30. The lowest BCUT2D eigenvalue weighted by atomic mass is 10.2. The number of fused-ring (bicyclic) bond motifs is 1. The third kappa shape index (κ3) is 3.92. The lowest BCUT2D eigenvalue weighted by molar-refractivity contribution is -0.125. The van der Waals surface area contributed by atoms with Crippen LogP contribution in [0, 0.1) is 11.8 Å². The predicted octanol–water partition coefficient (Wildman–Crippen LogP) is 2.57. The Morgan fingerprint density at radius 1 is 1.38 bits per heavy atom. The zero-order valence-electron chi connectivity index (χ0n) is 16.1. The van der Waals surface area contributed by atoms with Crippen molar-refractivity contribution in [3.63, 3.8) is 0 Å². The topological polar surface area (TPSA) is 83.1 Å². The molecule has 1 saturated heterocycles. The Hall–Kier alpha value is -3.79. The maximum absolute atomic E-state index is 11.8. The van der Waals surface area contributed by atoms with Crippen LogP contribution in [-0.2, 0) is 4.79 Å². The van der Waals surface area contributed by atoms with E-state index in [1.807, 2.05) is 30.3 Å². The predicted molar refractivity (Wildman–Crippen MR) is 112 cm³/mol. The molecule has 4 rings (SSSR count). The van der Waals surface area contributed by atoms with Gasteiger partial charge in [0.25, 0.3) is 0 Å². The Balaban J connectivity index is 1.56. The van der Waals surface area contributed by atoms with Gasteiger partial charge < -0.3 is 19.9 Å². The average Bonchev–Trinajstić information content (AvgIpc) is 3.39. The van der Waals surface area contributed by atoms with Crippen LogP contribution in [0.4, 0.5) is 5.82 Å². The molecule has 2 aromatic heterocycles. The number of likely N-dealkylation sites (tertiary alicyclic amines) is 1. The molecule has 1 aliphatic heterocycles. The Morgan fingerprint density at radius 3 is 3.07 bits per heavy atom. The third-order valence-electron chi connectivity index (χ3n) is 4.88. The monoisotopic (exact) mass is 387 g/mol. The first-order chi connectivity index (χ1) is 14.2. The van der Waals surface area contributed by atoms with E-state index in [0.717, 1.165) is 34.6 Å². The first-order valence-electron chi connectivity index (χ1n) is 9.34. The van der Waals surface area contributed by atoms with Gasteiger partial charge in [-0.2, -0.15) is 0 Å². The van der Waals surface area contributed by atoms with Gasteiger partial charge in [-0.1, -0.05) is 24.6 Å². The second kappa shape index (κ2) is 8.07. The second-order valence-corrected chi connectivity index (χ2v) is 6.74. The molecule has 2 N–H and O–H groups in total. The summed E-state index contributed by atoms with van der Waals surface area (Å²) < 4.78 is 5.34. The minimum atomic E-state index is -0.0438. The van der Waals surface area contributed by atoms with Crippen molar-refractivity contribution in [3.8, 4) is 17.6 Å². The highest BCUT2D eigenvalue weighted by molar-refractivity contribution is 5.89. The summed E-state index contributed by atoms with van der Waals surface area (Å²) in [5.74, 6) is 7.68. The van der Waals surface area contributed by atoms with Gasteiger partial charge in [-0.15, -0.1) is 0 Å². The fourth-order valence-corrected chi connectivity index (χ4v) is 3.41. The molecule has 7 nitrogen and oxygen atoms in total. The highest BCUT2D eigenvalue weighted by atomic mass is 16.5. The molecule has 1 aliphatic rings. The van der Waals surface area contributed by atoms with Gasteiger partial charge in [0.15, 0.2) is 0 Å². The molecule has 146 valence electrons. The Kier molecular flexibility index (Phi) is 5.16. The van der Waals surface area contributed by atoms with Gasteiger partial charge in [0.2, 0.25) is 5.91 Å². The number of rotatable bonds is 4. The molecule has 7 heteroatoms. The molecular weight excluding hydrogens is 366 g/mol. The number of anilines is 1. The van der Waals surface area contributed by atoms with Crippen molar-refractivity contribution in [2.45, 2.75) is 12.5 Å². The standard InChI is InChI=1S/C22H21N5O2/c1-3-20(28)27-11-10-17(13-27)26-22-18-12-16(25-21(18)23-14-24-22)9-8-15-6-4-5-7-19(15)29-2/h3-7,12,14,17H,1,10-11,13H2,2H3,(H2,23,24,25,26)/t17-/m1/s1. The van der Waals surface area contributed by atoms with Gasteiger partial charge in [0, 0.05) is 19.1 Å². The zero-order valence-corrected chi connectivity index (χ0v) is 16.1. The molecule has 3 heterocycles. The van der Waals surface area contributed by atoms with Crippen LogP contribution < -0.4 is 10.1 Å². The van der Waals surface area contributed by atoms with Crippen molar-refractivity contribution in [1.82, 2.24) is 19.9 Å². The maximum Gasteiger partial charge on any atom is 0.246 e. The molecule has 0 radical (unpaired) electrons. The summed E-state index contributed by atoms with van der Waals surface area (Å²) in [5.41, 5.74) is 2.27. The maximum atomic E-state index is 11.8. The van der Waals surface area contributed by atoms with Crippen LogP contribution in [-0.4, -0.2) is 52.0 Å². The van der Waals surface area contributed by atoms with Crippen LogP contribution in [0.25, 0.3) is 11.0 Å². The second-order valence-electron chi connectivity index (χ2n) is 6.74. The molecule has 0 saturated carbocycles. The van der Waals surface area contributed by atoms with Gasteiger partial charge in [-0.3, -0.25) is 4.79 Å². The summed E-state index contributed by atoms with van der Waals surface area (Å²) in [6.45, 7) is 4.89. The highest BCUT2D eigenvalue weighted by Gasteiger charge is 2.25.